The number of nitrogens with one attached hydrogen (secondary N) is 1. The van der Waals surface area contributed by atoms with E-state index in [-0.39, 0.29) is 5.15 Å². The molecule has 0 amide bonds. The van der Waals surface area contributed by atoms with Crippen molar-refractivity contribution in [3.63, 3.8) is 0 Å². The Labute approximate surface area is 103 Å². The molecule has 1 saturated carbocycles. The number of aromatic nitrogens is 2. The number of aldehydes is 1. The molecule has 1 fully saturated rings. The number of rotatable bonds is 5. The van der Waals surface area contributed by atoms with E-state index in [1.807, 2.05) is 6.26 Å². The van der Waals surface area contributed by atoms with E-state index in [4.69, 9.17) is 11.6 Å². The molecule has 0 spiro atoms. The van der Waals surface area contributed by atoms with Gasteiger partial charge in [-0.15, -0.1) is 0 Å². The van der Waals surface area contributed by atoms with Gasteiger partial charge in [-0.1, -0.05) is 23.4 Å². The van der Waals surface area contributed by atoms with Gasteiger partial charge in [-0.25, -0.2) is 9.97 Å². The highest BCUT2D eigenvalue weighted by atomic mass is 35.5. The second-order valence-electron chi connectivity index (χ2n) is 3.71. The predicted molar refractivity (Wildman–Crippen MR) is 65.4 cm³/mol. The molecule has 1 aliphatic carbocycles. The third-order valence-corrected chi connectivity index (χ3v) is 3.27. The topological polar surface area (TPSA) is 54.9 Å². The van der Waals surface area contributed by atoms with Crippen molar-refractivity contribution in [3.8, 4) is 0 Å². The number of hydrogen-bond donors (Lipinski definition) is 1. The third kappa shape index (κ3) is 2.65. The van der Waals surface area contributed by atoms with Gasteiger partial charge in [0.05, 0.1) is 5.56 Å². The highest BCUT2D eigenvalue weighted by Gasteiger charge is 2.22. The van der Waals surface area contributed by atoms with Crippen LogP contribution in [0.1, 0.15) is 23.2 Å². The summed E-state index contributed by atoms with van der Waals surface area (Å²) < 4.78 is 0. The maximum absolute atomic E-state index is 10.9. The Balaban J connectivity index is 2.23. The number of nitrogens with zero attached hydrogens (tertiary/aromatic N) is 2. The van der Waals surface area contributed by atoms with E-state index >= 15 is 0 Å². The first-order valence-electron chi connectivity index (χ1n) is 5.05. The Morgan fingerprint density at radius 2 is 2.31 bits per heavy atom. The van der Waals surface area contributed by atoms with E-state index in [1.165, 1.54) is 24.6 Å². The maximum atomic E-state index is 10.9. The zero-order valence-electron chi connectivity index (χ0n) is 8.86. The van der Waals surface area contributed by atoms with Crippen LogP contribution in [0.4, 0.5) is 5.82 Å². The molecule has 1 N–H and O–H groups in total. The molecular weight excluding hydrogens is 246 g/mol. The summed E-state index contributed by atoms with van der Waals surface area (Å²) in [7, 11) is 0. The highest BCUT2D eigenvalue weighted by molar-refractivity contribution is 7.98. The molecule has 1 heterocycles. The van der Waals surface area contributed by atoms with Crippen LogP contribution in [-0.2, 0) is 0 Å². The summed E-state index contributed by atoms with van der Waals surface area (Å²) in [5, 5.41) is 3.95. The van der Waals surface area contributed by atoms with Crippen LogP contribution in [-0.4, -0.2) is 29.1 Å². The van der Waals surface area contributed by atoms with Gasteiger partial charge in [0.15, 0.2) is 11.4 Å². The molecule has 1 aromatic heterocycles. The van der Waals surface area contributed by atoms with Crippen LogP contribution in [0.25, 0.3) is 0 Å². The van der Waals surface area contributed by atoms with Crippen LogP contribution in [0, 0.1) is 5.92 Å². The van der Waals surface area contributed by atoms with E-state index in [0.717, 1.165) is 6.54 Å². The Hall–Kier alpha value is -0.810. The predicted octanol–water partition coefficient (Wildman–Crippen LogP) is 2.49. The number of halogens is 1. The minimum Gasteiger partial charge on any atom is -0.369 e. The third-order valence-electron chi connectivity index (χ3n) is 2.43. The molecule has 0 atom stereocenters. The lowest BCUT2D eigenvalue weighted by molar-refractivity contribution is 0.112. The van der Waals surface area contributed by atoms with Gasteiger partial charge in [-0.2, -0.15) is 0 Å². The fraction of sp³-hybridized carbons (Fsp3) is 0.500. The fourth-order valence-corrected chi connectivity index (χ4v) is 1.95. The molecule has 2 rings (SSSR count). The van der Waals surface area contributed by atoms with Crippen molar-refractivity contribution >= 4 is 35.5 Å². The van der Waals surface area contributed by atoms with Gasteiger partial charge in [0.25, 0.3) is 0 Å². The molecule has 6 heteroatoms. The largest absolute Gasteiger partial charge is 0.369 e. The molecule has 1 aromatic rings. The molecular formula is C10H12ClN3OS. The first-order valence-corrected chi connectivity index (χ1v) is 6.65. The number of thioether (sulfide) groups is 1. The highest BCUT2D eigenvalue weighted by Crippen LogP contribution is 2.30. The first kappa shape index (κ1) is 11.7. The quantitative estimate of drug-likeness (QED) is 0.380. The Kier molecular flexibility index (Phi) is 3.66. The van der Waals surface area contributed by atoms with E-state index in [2.05, 4.69) is 15.3 Å². The van der Waals surface area contributed by atoms with Gasteiger partial charge in [-0.3, -0.25) is 4.79 Å². The molecule has 0 aliphatic heterocycles. The summed E-state index contributed by atoms with van der Waals surface area (Å²) in [4.78, 5) is 19.2. The van der Waals surface area contributed by atoms with E-state index in [0.29, 0.717) is 28.7 Å². The zero-order valence-corrected chi connectivity index (χ0v) is 10.4. The van der Waals surface area contributed by atoms with E-state index in [1.54, 1.807) is 0 Å². The smallest absolute Gasteiger partial charge is 0.190 e. The van der Waals surface area contributed by atoms with Crippen molar-refractivity contribution in [1.82, 2.24) is 9.97 Å². The van der Waals surface area contributed by atoms with Crippen LogP contribution in [0.2, 0.25) is 5.15 Å². The first-order chi connectivity index (χ1) is 7.74. The number of hydrogen-bond acceptors (Lipinski definition) is 5. The Morgan fingerprint density at radius 1 is 1.56 bits per heavy atom. The normalized spacial score (nSPS) is 14.9. The SMILES string of the molecule is CSc1nc(Cl)c(C=O)c(NCC2CC2)n1. The lowest BCUT2D eigenvalue weighted by atomic mass is 10.3. The van der Waals surface area contributed by atoms with Crippen LogP contribution in [0.5, 0.6) is 0 Å². The second kappa shape index (κ2) is 5.01. The van der Waals surface area contributed by atoms with Gasteiger partial charge in [0, 0.05) is 6.54 Å². The average Bonchev–Trinajstić information content (AvgIpc) is 3.09. The Bertz CT molecular complexity index is 409. The van der Waals surface area contributed by atoms with Crippen molar-refractivity contribution < 1.29 is 4.79 Å². The summed E-state index contributed by atoms with van der Waals surface area (Å²) in [6, 6.07) is 0. The maximum Gasteiger partial charge on any atom is 0.190 e. The van der Waals surface area contributed by atoms with Gasteiger partial charge in [0.2, 0.25) is 0 Å². The summed E-state index contributed by atoms with van der Waals surface area (Å²) in [5.74, 6) is 1.26. The molecule has 16 heavy (non-hydrogen) atoms. The van der Waals surface area contributed by atoms with Crippen molar-refractivity contribution in [2.24, 2.45) is 5.92 Å². The van der Waals surface area contributed by atoms with E-state index in [9.17, 15) is 4.79 Å². The Morgan fingerprint density at radius 3 is 2.88 bits per heavy atom. The van der Waals surface area contributed by atoms with Gasteiger partial charge in [0.1, 0.15) is 11.0 Å². The van der Waals surface area contributed by atoms with Crippen LogP contribution in [0.15, 0.2) is 5.16 Å². The minimum atomic E-state index is 0.215. The van der Waals surface area contributed by atoms with Crippen molar-refractivity contribution in [1.29, 1.82) is 0 Å². The number of carbonyl (C=O) groups is 1. The molecule has 1 aliphatic rings. The molecule has 0 unspecified atom stereocenters. The van der Waals surface area contributed by atoms with Crippen LogP contribution >= 0.6 is 23.4 Å². The minimum absolute atomic E-state index is 0.215. The van der Waals surface area contributed by atoms with Crippen molar-refractivity contribution in [3.05, 3.63) is 10.7 Å². The molecule has 4 nitrogen and oxygen atoms in total. The van der Waals surface area contributed by atoms with Gasteiger partial charge < -0.3 is 5.32 Å². The lowest BCUT2D eigenvalue weighted by Gasteiger charge is -2.09. The lowest BCUT2D eigenvalue weighted by Crippen LogP contribution is -2.09. The van der Waals surface area contributed by atoms with Gasteiger partial charge >= 0.3 is 0 Å². The standard InChI is InChI=1S/C10H12ClN3OS/c1-16-10-13-8(11)7(5-15)9(14-10)12-4-6-2-3-6/h5-6H,2-4H2,1H3,(H,12,13,14). The summed E-state index contributed by atoms with van der Waals surface area (Å²) in [5.41, 5.74) is 0.347. The molecule has 0 bridgehead atoms. The fourth-order valence-electron chi connectivity index (χ4n) is 1.32. The summed E-state index contributed by atoms with van der Waals surface area (Å²) in [6.45, 7) is 0.849. The molecule has 0 saturated heterocycles. The number of anilines is 1. The van der Waals surface area contributed by atoms with Crippen molar-refractivity contribution in [2.45, 2.75) is 18.0 Å². The van der Waals surface area contributed by atoms with E-state index < -0.39 is 0 Å². The van der Waals surface area contributed by atoms with Crippen LogP contribution < -0.4 is 5.32 Å². The monoisotopic (exact) mass is 257 g/mol. The number of carbonyl (C=O) groups excluding carboxylic acids is 1. The second-order valence-corrected chi connectivity index (χ2v) is 4.84. The summed E-state index contributed by atoms with van der Waals surface area (Å²) in [6.07, 6.45) is 5.06. The summed E-state index contributed by atoms with van der Waals surface area (Å²) >= 11 is 7.31. The molecule has 86 valence electrons. The van der Waals surface area contributed by atoms with Crippen LogP contribution in [0.3, 0.4) is 0 Å². The molecule has 0 radical (unpaired) electrons. The molecule has 0 aromatic carbocycles. The van der Waals surface area contributed by atoms with Crippen molar-refractivity contribution in [2.75, 3.05) is 18.1 Å². The van der Waals surface area contributed by atoms with Gasteiger partial charge in [-0.05, 0) is 25.0 Å². The average molecular weight is 258 g/mol. The zero-order chi connectivity index (χ0) is 11.5.